The summed E-state index contributed by atoms with van der Waals surface area (Å²) in [5.74, 6) is 1.91. The van der Waals surface area contributed by atoms with Gasteiger partial charge in [0, 0.05) is 23.4 Å². The smallest absolute Gasteiger partial charge is 0.223 e. The Morgan fingerprint density at radius 1 is 1.24 bits per heavy atom. The highest BCUT2D eigenvalue weighted by molar-refractivity contribution is 7.99. The van der Waals surface area contributed by atoms with Crippen LogP contribution in [0, 0.1) is 5.92 Å². The first-order chi connectivity index (χ1) is 10.1. The summed E-state index contributed by atoms with van der Waals surface area (Å²) in [4.78, 5) is 16.0. The molecule has 1 amide bonds. The SMILES string of the molecule is CC(C)C(C)N(C(=O)CCCSc1ccccc1)C1CC1. The number of rotatable bonds is 8. The van der Waals surface area contributed by atoms with Crippen molar-refractivity contribution in [3.05, 3.63) is 30.3 Å². The predicted octanol–water partition coefficient (Wildman–Crippen LogP) is 4.59. The van der Waals surface area contributed by atoms with Crippen molar-refractivity contribution in [3.63, 3.8) is 0 Å². The van der Waals surface area contributed by atoms with Gasteiger partial charge in [-0.3, -0.25) is 4.79 Å². The van der Waals surface area contributed by atoms with Crippen LogP contribution in [0.3, 0.4) is 0 Å². The van der Waals surface area contributed by atoms with Crippen LogP contribution in [0.1, 0.15) is 46.5 Å². The molecule has 0 radical (unpaired) electrons. The Labute approximate surface area is 133 Å². The van der Waals surface area contributed by atoms with Crippen LogP contribution in [0.5, 0.6) is 0 Å². The number of carbonyl (C=O) groups excluding carboxylic acids is 1. The van der Waals surface area contributed by atoms with E-state index < -0.39 is 0 Å². The predicted molar refractivity (Wildman–Crippen MR) is 90.6 cm³/mol. The lowest BCUT2D eigenvalue weighted by Crippen LogP contribution is -2.43. The maximum absolute atomic E-state index is 12.5. The molecule has 1 aromatic rings. The van der Waals surface area contributed by atoms with Crippen molar-refractivity contribution >= 4 is 17.7 Å². The summed E-state index contributed by atoms with van der Waals surface area (Å²) in [6.45, 7) is 6.61. The maximum atomic E-state index is 12.5. The van der Waals surface area contributed by atoms with Crippen molar-refractivity contribution in [1.82, 2.24) is 4.90 Å². The van der Waals surface area contributed by atoms with Gasteiger partial charge in [0.25, 0.3) is 0 Å². The van der Waals surface area contributed by atoms with Crippen LogP contribution in [0.4, 0.5) is 0 Å². The van der Waals surface area contributed by atoms with E-state index in [1.165, 1.54) is 17.7 Å². The van der Waals surface area contributed by atoms with Gasteiger partial charge in [0.1, 0.15) is 0 Å². The van der Waals surface area contributed by atoms with Crippen molar-refractivity contribution in [2.45, 2.75) is 63.4 Å². The first-order valence-electron chi connectivity index (χ1n) is 8.08. The first-order valence-corrected chi connectivity index (χ1v) is 9.07. The second kappa shape index (κ2) is 7.88. The number of hydrogen-bond donors (Lipinski definition) is 0. The first kappa shape index (κ1) is 16.4. The summed E-state index contributed by atoms with van der Waals surface area (Å²) in [6.07, 6.45) is 4.04. The Hall–Kier alpha value is -0.960. The molecule has 2 rings (SSSR count). The van der Waals surface area contributed by atoms with Crippen molar-refractivity contribution < 1.29 is 4.79 Å². The average molecular weight is 305 g/mol. The van der Waals surface area contributed by atoms with Crippen molar-refractivity contribution in [2.24, 2.45) is 5.92 Å². The molecule has 1 unspecified atom stereocenters. The Morgan fingerprint density at radius 3 is 2.48 bits per heavy atom. The van der Waals surface area contributed by atoms with Crippen LogP contribution in [0.25, 0.3) is 0 Å². The van der Waals surface area contributed by atoms with Crippen LogP contribution >= 0.6 is 11.8 Å². The highest BCUT2D eigenvalue weighted by atomic mass is 32.2. The molecule has 3 heteroatoms. The summed E-state index contributed by atoms with van der Waals surface area (Å²) in [7, 11) is 0. The van der Waals surface area contributed by atoms with Gasteiger partial charge in [-0.2, -0.15) is 0 Å². The van der Waals surface area contributed by atoms with E-state index in [0.29, 0.717) is 30.3 Å². The molecular formula is C18H27NOS. The Balaban J connectivity index is 1.75. The number of hydrogen-bond acceptors (Lipinski definition) is 2. The van der Waals surface area contributed by atoms with Crippen LogP contribution in [-0.2, 0) is 4.79 Å². The minimum Gasteiger partial charge on any atom is -0.337 e. The topological polar surface area (TPSA) is 20.3 Å². The zero-order valence-corrected chi connectivity index (χ0v) is 14.2. The lowest BCUT2D eigenvalue weighted by atomic mass is 10.0. The molecule has 0 aliphatic heterocycles. The Morgan fingerprint density at radius 2 is 1.90 bits per heavy atom. The zero-order valence-electron chi connectivity index (χ0n) is 13.4. The van der Waals surface area contributed by atoms with Crippen molar-refractivity contribution in [2.75, 3.05) is 5.75 Å². The third-order valence-electron chi connectivity index (χ3n) is 4.18. The fourth-order valence-corrected chi connectivity index (χ4v) is 3.37. The molecule has 1 aliphatic rings. The molecule has 0 heterocycles. The van der Waals surface area contributed by atoms with Crippen LogP contribution in [0.2, 0.25) is 0 Å². The van der Waals surface area contributed by atoms with Crippen LogP contribution < -0.4 is 0 Å². The van der Waals surface area contributed by atoms with Crippen LogP contribution in [0.15, 0.2) is 35.2 Å². The fraction of sp³-hybridized carbons (Fsp3) is 0.611. The summed E-state index contributed by atoms with van der Waals surface area (Å²) < 4.78 is 0. The van der Waals surface area contributed by atoms with Gasteiger partial charge in [0.15, 0.2) is 0 Å². The molecule has 0 bridgehead atoms. The molecule has 21 heavy (non-hydrogen) atoms. The largest absolute Gasteiger partial charge is 0.337 e. The lowest BCUT2D eigenvalue weighted by molar-refractivity contribution is -0.134. The third kappa shape index (κ3) is 5.06. The van der Waals surface area contributed by atoms with Gasteiger partial charge in [-0.25, -0.2) is 0 Å². The molecule has 0 N–H and O–H groups in total. The third-order valence-corrected chi connectivity index (χ3v) is 5.28. The van der Waals surface area contributed by atoms with Gasteiger partial charge in [0.05, 0.1) is 0 Å². The van der Waals surface area contributed by atoms with Gasteiger partial charge in [-0.15, -0.1) is 11.8 Å². The molecule has 1 aliphatic carbocycles. The molecule has 1 fully saturated rings. The highest BCUT2D eigenvalue weighted by Gasteiger charge is 2.36. The van der Waals surface area contributed by atoms with E-state index in [0.717, 1.165) is 12.2 Å². The standard InChI is InChI=1S/C18H27NOS/c1-14(2)15(3)19(16-11-12-16)18(20)10-7-13-21-17-8-5-4-6-9-17/h4-6,8-9,14-16H,7,10-13H2,1-3H3. The van der Waals surface area contributed by atoms with Crippen LogP contribution in [-0.4, -0.2) is 28.6 Å². The Kier molecular flexibility index (Phi) is 6.16. The minimum absolute atomic E-state index is 0.354. The van der Waals surface area contributed by atoms with E-state index in [2.05, 4.69) is 49.9 Å². The van der Waals surface area contributed by atoms with E-state index in [-0.39, 0.29) is 0 Å². The van der Waals surface area contributed by atoms with E-state index in [4.69, 9.17) is 0 Å². The summed E-state index contributed by atoms with van der Waals surface area (Å²) >= 11 is 1.84. The highest BCUT2D eigenvalue weighted by Crippen LogP contribution is 2.31. The second-order valence-electron chi connectivity index (χ2n) is 6.28. The average Bonchev–Trinajstić information content (AvgIpc) is 3.29. The van der Waals surface area contributed by atoms with E-state index in [1.54, 1.807) is 0 Å². The van der Waals surface area contributed by atoms with Gasteiger partial charge < -0.3 is 4.90 Å². The normalized spacial score (nSPS) is 16.0. The lowest BCUT2D eigenvalue weighted by Gasteiger charge is -2.32. The number of nitrogens with zero attached hydrogens (tertiary/aromatic N) is 1. The number of benzene rings is 1. The molecule has 0 aromatic heterocycles. The molecule has 1 aromatic carbocycles. The van der Waals surface area contributed by atoms with E-state index >= 15 is 0 Å². The quantitative estimate of drug-likeness (QED) is 0.517. The van der Waals surface area contributed by atoms with Gasteiger partial charge >= 0.3 is 0 Å². The van der Waals surface area contributed by atoms with Crippen molar-refractivity contribution in [1.29, 1.82) is 0 Å². The maximum Gasteiger partial charge on any atom is 0.223 e. The molecule has 2 nitrogen and oxygen atoms in total. The van der Waals surface area contributed by atoms with Gasteiger partial charge in [-0.1, -0.05) is 32.0 Å². The Bertz CT molecular complexity index is 442. The molecular weight excluding hydrogens is 278 g/mol. The zero-order chi connectivity index (χ0) is 15.2. The van der Waals surface area contributed by atoms with Crippen molar-refractivity contribution in [3.8, 4) is 0 Å². The van der Waals surface area contributed by atoms with E-state index in [9.17, 15) is 4.79 Å². The summed E-state index contributed by atoms with van der Waals surface area (Å²) in [6, 6.07) is 11.3. The molecule has 0 saturated heterocycles. The second-order valence-corrected chi connectivity index (χ2v) is 7.45. The summed E-state index contributed by atoms with van der Waals surface area (Å²) in [5, 5.41) is 0. The van der Waals surface area contributed by atoms with Gasteiger partial charge in [-0.05, 0) is 50.0 Å². The molecule has 1 atom stereocenters. The summed E-state index contributed by atoms with van der Waals surface area (Å²) in [5.41, 5.74) is 0. The molecule has 1 saturated carbocycles. The minimum atomic E-state index is 0.354. The van der Waals surface area contributed by atoms with E-state index in [1.807, 2.05) is 17.8 Å². The molecule has 116 valence electrons. The monoisotopic (exact) mass is 305 g/mol. The van der Waals surface area contributed by atoms with Gasteiger partial charge in [0.2, 0.25) is 5.91 Å². The fourth-order valence-electron chi connectivity index (χ4n) is 2.50. The molecule has 0 spiro atoms. The number of amides is 1. The number of carbonyl (C=O) groups is 1. The number of thioether (sulfide) groups is 1.